The Balaban J connectivity index is 2.60. The van der Waals surface area contributed by atoms with E-state index in [-0.39, 0.29) is 15.7 Å². The molecule has 1 aromatic carbocycles. The zero-order valence-corrected chi connectivity index (χ0v) is 11.8. The summed E-state index contributed by atoms with van der Waals surface area (Å²) in [5.41, 5.74) is 0.702. The number of esters is 1. The molecule has 0 amide bonds. The van der Waals surface area contributed by atoms with Gasteiger partial charge in [-0.25, -0.2) is 13.4 Å². The third-order valence-corrected chi connectivity index (χ3v) is 4.23. The predicted octanol–water partition coefficient (Wildman–Crippen LogP) is 2.15. The first kappa shape index (κ1) is 14.2. The monoisotopic (exact) mass is 291 g/mol. The molecule has 0 aliphatic rings. The second-order valence-electron chi connectivity index (χ2n) is 4.23. The lowest BCUT2D eigenvalue weighted by Gasteiger charge is -2.09. The van der Waals surface area contributed by atoms with Crippen LogP contribution in [0.15, 0.2) is 52.5 Å². The third kappa shape index (κ3) is 2.85. The van der Waals surface area contributed by atoms with Crippen LogP contribution in [0.25, 0.3) is 0 Å². The van der Waals surface area contributed by atoms with E-state index in [1.165, 1.54) is 31.3 Å². The predicted molar refractivity (Wildman–Crippen MR) is 72.2 cm³/mol. The molecule has 0 unspecified atom stereocenters. The summed E-state index contributed by atoms with van der Waals surface area (Å²) in [4.78, 5) is 15.1. The van der Waals surface area contributed by atoms with Gasteiger partial charge in [0.2, 0.25) is 14.9 Å². The van der Waals surface area contributed by atoms with E-state index < -0.39 is 15.8 Å². The first-order chi connectivity index (χ1) is 9.41. The molecule has 5 nitrogen and oxygen atoms in total. The zero-order chi connectivity index (χ0) is 14.8. The number of sulfone groups is 1. The lowest BCUT2D eigenvalue weighted by atomic mass is 10.3. The van der Waals surface area contributed by atoms with Crippen molar-refractivity contribution in [3.05, 3.63) is 48.2 Å². The molecule has 0 saturated heterocycles. The fourth-order valence-electron chi connectivity index (χ4n) is 1.67. The van der Waals surface area contributed by atoms with Crippen molar-refractivity contribution in [2.75, 3.05) is 0 Å². The maximum Gasteiger partial charge on any atom is 0.308 e. The van der Waals surface area contributed by atoms with Crippen molar-refractivity contribution in [3.63, 3.8) is 0 Å². The minimum absolute atomic E-state index is 0.0543. The minimum atomic E-state index is -3.82. The Morgan fingerprint density at radius 1 is 1.20 bits per heavy atom. The Labute approximate surface area is 117 Å². The fourth-order valence-corrected chi connectivity index (χ4v) is 2.97. The minimum Gasteiger partial charge on any atom is -0.424 e. The molecule has 20 heavy (non-hydrogen) atoms. The Hall–Kier alpha value is -2.21. The van der Waals surface area contributed by atoms with Crippen molar-refractivity contribution in [3.8, 4) is 5.75 Å². The summed E-state index contributed by atoms with van der Waals surface area (Å²) >= 11 is 0. The van der Waals surface area contributed by atoms with E-state index in [9.17, 15) is 13.2 Å². The van der Waals surface area contributed by atoms with E-state index in [1.54, 1.807) is 25.1 Å². The molecule has 1 aromatic heterocycles. The van der Waals surface area contributed by atoms with Crippen molar-refractivity contribution < 1.29 is 17.9 Å². The zero-order valence-electron chi connectivity index (χ0n) is 11.0. The molecule has 104 valence electrons. The van der Waals surface area contributed by atoms with Crippen molar-refractivity contribution in [2.24, 2.45) is 0 Å². The summed E-state index contributed by atoms with van der Waals surface area (Å²) in [6.45, 7) is 2.94. The Morgan fingerprint density at radius 3 is 2.45 bits per heavy atom. The number of hydrogen-bond acceptors (Lipinski definition) is 5. The number of carbonyl (C=O) groups is 1. The van der Waals surface area contributed by atoms with Gasteiger partial charge in [0.25, 0.3) is 0 Å². The average Bonchev–Trinajstić information content (AvgIpc) is 2.39. The van der Waals surface area contributed by atoms with Crippen LogP contribution in [0.4, 0.5) is 0 Å². The van der Waals surface area contributed by atoms with Crippen molar-refractivity contribution in [2.45, 2.75) is 23.8 Å². The SMILES string of the molecule is CC(=O)Oc1cc(C)cnc1S(=O)(=O)c1ccccc1. The number of aromatic nitrogens is 1. The van der Waals surface area contributed by atoms with E-state index in [1.807, 2.05) is 0 Å². The highest BCUT2D eigenvalue weighted by molar-refractivity contribution is 7.91. The van der Waals surface area contributed by atoms with Crippen LogP contribution in [0, 0.1) is 6.92 Å². The van der Waals surface area contributed by atoms with Gasteiger partial charge in [0.05, 0.1) is 4.90 Å². The maximum atomic E-state index is 12.5. The van der Waals surface area contributed by atoms with Crippen LogP contribution in [-0.2, 0) is 14.6 Å². The van der Waals surface area contributed by atoms with Crippen molar-refractivity contribution >= 4 is 15.8 Å². The van der Waals surface area contributed by atoms with Crippen LogP contribution in [0.5, 0.6) is 5.75 Å². The summed E-state index contributed by atoms with van der Waals surface area (Å²) in [6, 6.07) is 9.36. The molecule has 1 heterocycles. The van der Waals surface area contributed by atoms with Crippen LogP contribution in [0.3, 0.4) is 0 Å². The van der Waals surface area contributed by atoms with Crippen LogP contribution >= 0.6 is 0 Å². The quantitative estimate of drug-likeness (QED) is 0.810. The number of rotatable bonds is 3. The first-order valence-corrected chi connectivity index (χ1v) is 7.35. The molecule has 0 spiro atoms. The van der Waals surface area contributed by atoms with Gasteiger partial charge in [0.1, 0.15) is 0 Å². The van der Waals surface area contributed by atoms with Gasteiger partial charge in [0, 0.05) is 13.1 Å². The Bertz CT molecular complexity index is 739. The summed E-state index contributed by atoms with van der Waals surface area (Å²) in [5, 5.41) is -0.260. The topological polar surface area (TPSA) is 73.3 Å². The van der Waals surface area contributed by atoms with Gasteiger partial charge in [-0.1, -0.05) is 18.2 Å². The van der Waals surface area contributed by atoms with Gasteiger partial charge in [-0.05, 0) is 30.7 Å². The lowest BCUT2D eigenvalue weighted by Crippen LogP contribution is -2.10. The molecule has 0 fully saturated rings. The van der Waals surface area contributed by atoms with E-state index in [0.29, 0.717) is 5.56 Å². The number of carbonyl (C=O) groups excluding carboxylic acids is 1. The second-order valence-corrected chi connectivity index (χ2v) is 6.09. The van der Waals surface area contributed by atoms with E-state index >= 15 is 0 Å². The average molecular weight is 291 g/mol. The smallest absolute Gasteiger partial charge is 0.308 e. The van der Waals surface area contributed by atoms with E-state index in [2.05, 4.69) is 4.98 Å². The fraction of sp³-hybridized carbons (Fsp3) is 0.143. The van der Waals surface area contributed by atoms with Crippen LogP contribution in [-0.4, -0.2) is 19.4 Å². The standard InChI is InChI=1S/C14H13NO4S/c1-10-8-13(19-11(2)16)14(15-9-10)20(17,18)12-6-4-3-5-7-12/h3-9H,1-2H3. The van der Waals surface area contributed by atoms with Crippen LogP contribution in [0.1, 0.15) is 12.5 Å². The van der Waals surface area contributed by atoms with E-state index in [0.717, 1.165) is 0 Å². The Morgan fingerprint density at radius 2 is 1.85 bits per heavy atom. The molecule has 2 rings (SSSR count). The van der Waals surface area contributed by atoms with Crippen molar-refractivity contribution in [1.29, 1.82) is 0 Å². The highest BCUT2D eigenvalue weighted by Gasteiger charge is 2.24. The molecule has 0 bridgehead atoms. The molecule has 0 saturated carbocycles. The summed E-state index contributed by atoms with van der Waals surface area (Å²) in [5.74, 6) is -0.650. The van der Waals surface area contributed by atoms with Gasteiger partial charge < -0.3 is 4.74 Å². The van der Waals surface area contributed by atoms with Gasteiger partial charge in [0.15, 0.2) is 5.75 Å². The van der Waals surface area contributed by atoms with Gasteiger partial charge in [-0.15, -0.1) is 0 Å². The molecule has 2 aromatic rings. The van der Waals surface area contributed by atoms with E-state index in [4.69, 9.17) is 4.74 Å². The van der Waals surface area contributed by atoms with Crippen LogP contribution < -0.4 is 4.74 Å². The molecule has 0 N–H and O–H groups in total. The number of pyridine rings is 1. The van der Waals surface area contributed by atoms with Gasteiger partial charge in [-0.3, -0.25) is 4.79 Å². The number of nitrogens with zero attached hydrogens (tertiary/aromatic N) is 1. The lowest BCUT2D eigenvalue weighted by molar-refractivity contribution is -0.132. The molecule has 0 aliphatic carbocycles. The second kappa shape index (κ2) is 5.42. The largest absolute Gasteiger partial charge is 0.424 e. The highest BCUT2D eigenvalue weighted by Crippen LogP contribution is 2.28. The Kier molecular flexibility index (Phi) is 3.85. The highest BCUT2D eigenvalue weighted by atomic mass is 32.2. The number of aryl methyl sites for hydroxylation is 1. The first-order valence-electron chi connectivity index (χ1n) is 5.86. The van der Waals surface area contributed by atoms with Crippen molar-refractivity contribution in [1.82, 2.24) is 4.98 Å². The summed E-state index contributed by atoms with van der Waals surface area (Å²) in [7, 11) is -3.82. The maximum absolute atomic E-state index is 12.5. The molecule has 0 aliphatic heterocycles. The molecule has 0 radical (unpaired) electrons. The third-order valence-electron chi connectivity index (χ3n) is 2.52. The summed E-state index contributed by atoms with van der Waals surface area (Å²) < 4.78 is 29.9. The van der Waals surface area contributed by atoms with Gasteiger partial charge >= 0.3 is 5.97 Å². The number of hydrogen-bond donors (Lipinski definition) is 0. The van der Waals surface area contributed by atoms with Crippen LogP contribution in [0.2, 0.25) is 0 Å². The number of benzene rings is 1. The summed E-state index contributed by atoms with van der Waals surface area (Å²) in [6.07, 6.45) is 1.42. The molecule has 0 atom stereocenters. The number of ether oxygens (including phenoxy) is 1. The molecular formula is C14H13NO4S. The van der Waals surface area contributed by atoms with Gasteiger partial charge in [-0.2, -0.15) is 0 Å². The normalized spacial score (nSPS) is 11.1. The molecular weight excluding hydrogens is 278 g/mol. The molecule has 6 heteroatoms.